The van der Waals surface area contributed by atoms with Crippen LogP contribution in [0.2, 0.25) is 0 Å². The molecule has 0 amide bonds. The van der Waals surface area contributed by atoms with Gasteiger partial charge in [0.25, 0.3) is 0 Å². The van der Waals surface area contributed by atoms with Crippen molar-refractivity contribution >= 4 is 15.9 Å². The van der Waals surface area contributed by atoms with Gasteiger partial charge in [-0.3, -0.25) is 0 Å². The predicted octanol–water partition coefficient (Wildman–Crippen LogP) is 2.09. The van der Waals surface area contributed by atoms with Crippen molar-refractivity contribution in [2.75, 3.05) is 20.8 Å². The van der Waals surface area contributed by atoms with Crippen LogP contribution in [0, 0.1) is 0 Å². The van der Waals surface area contributed by atoms with Gasteiger partial charge in [0.05, 0.1) is 6.61 Å². The molecule has 3 nitrogen and oxygen atoms in total. The van der Waals surface area contributed by atoms with Gasteiger partial charge in [-0.2, -0.15) is 0 Å². The second kappa shape index (κ2) is 7.04. The van der Waals surface area contributed by atoms with E-state index < -0.39 is 0 Å². The fraction of sp³-hybridized carbons (Fsp3) is 0.600. The number of ether oxygens (including phenoxy) is 1. The number of aliphatic hydroxyl groups excluding tert-OH is 1. The van der Waals surface area contributed by atoms with Crippen molar-refractivity contribution in [1.82, 2.24) is 4.90 Å². The van der Waals surface area contributed by atoms with Crippen LogP contribution in [0.4, 0.5) is 0 Å². The number of hydrogen-bond acceptors (Lipinski definition) is 3. The van der Waals surface area contributed by atoms with Crippen molar-refractivity contribution in [2.45, 2.75) is 20.1 Å². The molecular weight excluding hydrogens is 246 g/mol. The number of methoxy groups -OCH3 is 1. The minimum atomic E-state index is -0.114. The highest BCUT2D eigenvalue weighted by molar-refractivity contribution is 9.11. The molecule has 1 heterocycles. The van der Waals surface area contributed by atoms with Gasteiger partial charge in [-0.15, -0.1) is 0 Å². The number of nitrogens with zero attached hydrogens (tertiary/aromatic N) is 1. The van der Waals surface area contributed by atoms with Crippen LogP contribution in [0.5, 0.6) is 0 Å². The van der Waals surface area contributed by atoms with Crippen molar-refractivity contribution < 1.29 is 9.84 Å². The Bertz CT molecular complexity index is 226. The molecule has 0 saturated heterocycles. The average Bonchev–Trinajstić information content (AvgIpc) is 2.22. The van der Waals surface area contributed by atoms with Gasteiger partial charge in [-0.1, -0.05) is 29.8 Å². The topological polar surface area (TPSA) is 32.7 Å². The largest absolute Gasteiger partial charge is 0.390 e. The van der Waals surface area contributed by atoms with Crippen molar-refractivity contribution in [3.05, 3.63) is 22.3 Å². The lowest BCUT2D eigenvalue weighted by molar-refractivity contribution is 0.0278. The molecule has 1 N–H and O–H groups in total. The highest BCUT2D eigenvalue weighted by atomic mass is 79.9. The maximum absolute atomic E-state index is 8.95. The molecule has 1 aliphatic heterocycles. The monoisotopic (exact) mass is 263 g/mol. The van der Waals surface area contributed by atoms with E-state index >= 15 is 0 Å². The minimum absolute atomic E-state index is 0.0349. The first kappa shape index (κ1) is 13.7. The molecule has 0 fully saturated rings. The van der Waals surface area contributed by atoms with Gasteiger partial charge in [-0.05, 0) is 12.2 Å². The molecule has 0 aliphatic carbocycles. The highest BCUT2D eigenvalue weighted by Crippen LogP contribution is 2.24. The third-order valence-corrected chi connectivity index (χ3v) is 2.52. The first-order valence-electron chi connectivity index (χ1n) is 4.63. The fourth-order valence-corrected chi connectivity index (χ4v) is 1.77. The molecule has 0 spiro atoms. The molecule has 4 heteroatoms. The molecule has 0 radical (unpaired) electrons. The van der Waals surface area contributed by atoms with Crippen molar-refractivity contribution in [1.29, 1.82) is 0 Å². The predicted molar refractivity (Wildman–Crippen MR) is 62.1 cm³/mol. The molecule has 0 aromatic heterocycles. The van der Waals surface area contributed by atoms with Gasteiger partial charge in [0.1, 0.15) is 0 Å². The average molecular weight is 264 g/mol. The van der Waals surface area contributed by atoms with Crippen LogP contribution in [0.3, 0.4) is 0 Å². The number of halogens is 1. The van der Waals surface area contributed by atoms with E-state index in [1.807, 2.05) is 37.9 Å². The van der Waals surface area contributed by atoms with E-state index in [4.69, 9.17) is 9.84 Å². The standard InChI is InChI=1S/C8H12BrNO2.C2H6/c1-10-6(5-11)3-4-7(9)8(10)12-2;1-2/h3-4,8,11H,5H2,1-2H3;1-2H3. The van der Waals surface area contributed by atoms with Crippen LogP contribution < -0.4 is 0 Å². The molecule has 14 heavy (non-hydrogen) atoms. The molecule has 1 atom stereocenters. The van der Waals surface area contributed by atoms with Gasteiger partial charge in [0.15, 0.2) is 6.23 Å². The highest BCUT2D eigenvalue weighted by Gasteiger charge is 2.21. The Labute approximate surface area is 94.2 Å². The SMILES string of the molecule is CC.COC1C(Br)=CC=C(CO)N1C. The van der Waals surface area contributed by atoms with E-state index in [1.165, 1.54) is 0 Å². The first-order chi connectivity index (χ1) is 6.70. The molecule has 82 valence electrons. The summed E-state index contributed by atoms with van der Waals surface area (Å²) in [5.74, 6) is 0. The van der Waals surface area contributed by atoms with E-state index in [9.17, 15) is 0 Å². The minimum Gasteiger partial charge on any atom is -0.390 e. The Hall–Kier alpha value is -0.320. The zero-order valence-electron chi connectivity index (χ0n) is 9.12. The van der Waals surface area contributed by atoms with Crippen molar-refractivity contribution in [3.63, 3.8) is 0 Å². The summed E-state index contributed by atoms with van der Waals surface area (Å²) in [6, 6.07) is 0. The molecular formula is C10H18BrNO2. The van der Waals surface area contributed by atoms with Gasteiger partial charge < -0.3 is 14.7 Å². The van der Waals surface area contributed by atoms with E-state index in [2.05, 4.69) is 15.9 Å². The Kier molecular flexibility index (Phi) is 6.87. The molecule has 1 unspecified atom stereocenters. The van der Waals surface area contributed by atoms with Crippen LogP contribution >= 0.6 is 15.9 Å². The summed E-state index contributed by atoms with van der Waals surface area (Å²) >= 11 is 3.38. The van der Waals surface area contributed by atoms with Crippen LogP contribution in [0.1, 0.15) is 13.8 Å². The molecule has 1 rings (SSSR count). The third kappa shape index (κ3) is 3.12. The lowest BCUT2D eigenvalue weighted by atomic mass is 10.2. The Balaban J connectivity index is 0.000000791. The number of likely N-dealkylation sites (N-methyl/N-ethyl adjacent to an activating group) is 1. The van der Waals surface area contributed by atoms with Crippen LogP contribution in [-0.4, -0.2) is 37.0 Å². The summed E-state index contributed by atoms with van der Waals surface area (Å²) in [4.78, 5) is 1.88. The quantitative estimate of drug-likeness (QED) is 0.828. The summed E-state index contributed by atoms with van der Waals surface area (Å²) in [5, 5.41) is 8.95. The van der Waals surface area contributed by atoms with Crippen molar-refractivity contribution in [2.24, 2.45) is 0 Å². The zero-order valence-corrected chi connectivity index (χ0v) is 10.7. The van der Waals surface area contributed by atoms with E-state index in [1.54, 1.807) is 7.11 Å². The van der Waals surface area contributed by atoms with Gasteiger partial charge in [0, 0.05) is 24.3 Å². The third-order valence-electron chi connectivity index (χ3n) is 1.86. The Morgan fingerprint density at radius 2 is 2.07 bits per heavy atom. The smallest absolute Gasteiger partial charge is 0.162 e. The number of allylic oxidation sites excluding steroid dienone is 2. The normalized spacial score (nSPS) is 20.7. The van der Waals surface area contributed by atoms with E-state index in [0.29, 0.717) is 0 Å². The molecule has 0 saturated carbocycles. The van der Waals surface area contributed by atoms with Gasteiger partial charge >= 0.3 is 0 Å². The molecule has 0 aromatic carbocycles. The van der Waals surface area contributed by atoms with Crippen LogP contribution in [0.25, 0.3) is 0 Å². The summed E-state index contributed by atoms with van der Waals surface area (Å²) in [6.45, 7) is 4.03. The lowest BCUT2D eigenvalue weighted by Gasteiger charge is -2.32. The summed E-state index contributed by atoms with van der Waals surface area (Å²) in [5.41, 5.74) is 0.852. The lowest BCUT2D eigenvalue weighted by Crippen LogP contribution is -2.35. The maximum atomic E-state index is 8.95. The second-order valence-corrected chi connectivity index (χ2v) is 3.48. The maximum Gasteiger partial charge on any atom is 0.162 e. The number of hydrogen-bond donors (Lipinski definition) is 1. The Morgan fingerprint density at radius 1 is 1.50 bits per heavy atom. The van der Waals surface area contributed by atoms with Gasteiger partial charge in [-0.25, -0.2) is 0 Å². The summed E-state index contributed by atoms with van der Waals surface area (Å²) in [7, 11) is 3.51. The number of rotatable bonds is 2. The summed E-state index contributed by atoms with van der Waals surface area (Å²) < 4.78 is 6.17. The Morgan fingerprint density at radius 3 is 2.50 bits per heavy atom. The van der Waals surface area contributed by atoms with Crippen molar-refractivity contribution in [3.8, 4) is 0 Å². The first-order valence-corrected chi connectivity index (χ1v) is 5.42. The van der Waals surface area contributed by atoms with E-state index in [-0.39, 0.29) is 12.8 Å². The van der Waals surface area contributed by atoms with E-state index in [0.717, 1.165) is 10.2 Å². The number of aliphatic hydroxyl groups is 1. The second-order valence-electron chi connectivity index (χ2n) is 2.57. The molecule has 0 aromatic rings. The summed E-state index contributed by atoms with van der Waals surface area (Å²) in [6.07, 6.45) is 3.64. The van der Waals surface area contributed by atoms with Crippen LogP contribution in [-0.2, 0) is 4.74 Å². The van der Waals surface area contributed by atoms with Crippen LogP contribution in [0.15, 0.2) is 22.3 Å². The molecule has 0 bridgehead atoms. The molecule has 1 aliphatic rings. The van der Waals surface area contributed by atoms with Gasteiger partial charge in [0.2, 0.25) is 0 Å². The fourth-order valence-electron chi connectivity index (χ4n) is 1.15. The zero-order chi connectivity index (χ0) is 11.1.